The smallest absolute Gasteiger partial charge is 0.174 e. The highest BCUT2D eigenvalue weighted by Gasteiger charge is 2.42. The zero-order valence-electron chi connectivity index (χ0n) is 19.1. The molecule has 3 heterocycles. The van der Waals surface area contributed by atoms with E-state index in [1.54, 1.807) is 0 Å². The van der Waals surface area contributed by atoms with Crippen LogP contribution in [-0.4, -0.2) is 14.7 Å². The minimum atomic E-state index is -0.0917. The highest BCUT2D eigenvalue weighted by molar-refractivity contribution is 9.10. The Hall–Kier alpha value is -2.67. The van der Waals surface area contributed by atoms with Gasteiger partial charge in [0.1, 0.15) is 0 Å². The molecule has 4 aromatic rings. The van der Waals surface area contributed by atoms with Gasteiger partial charge in [0, 0.05) is 38.5 Å². The number of nitrogens with zero attached hydrogens (tertiary/aromatic N) is 3. The summed E-state index contributed by atoms with van der Waals surface area (Å²) < 4.78 is 3.33. The zero-order valence-corrected chi connectivity index (χ0v) is 22.2. The molecule has 2 aromatic heterocycles. The fourth-order valence-electron chi connectivity index (χ4n) is 4.83. The number of hydrogen-bond donors (Lipinski definition) is 1. The van der Waals surface area contributed by atoms with Crippen molar-refractivity contribution in [2.75, 3.05) is 4.90 Å². The van der Waals surface area contributed by atoms with Crippen LogP contribution in [0.3, 0.4) is 0 Å². The number of thiocarbonyl (C=S) groups is 1. The third-order valence-electron chi connectivity index (χ3n) is 6.37. The minimum Gasteiger partial charge on any atom is -0.351 e. The molecule has 1 aliphatic heterocycles. The van der Waals surface area contributed by atoms with Crippen LogP contribution in [0.15, 0.2) is 77.4 Å². The van der Waals surface area contributed by atoms with E-state index >= 15 is 0 Å². The van der Waals surface area contributed by atoms with Gasteiger partial charge in [0.15, 0.2) is 5.11 Å². The van der Waals surface area contributed by atoms with Gasteiger partial charge in [-0.3, -0.25) is 4.98 Å². The topological polar surface area (TPSA) is 33.1 Å². The maximum Gasteiger partial charge on any atom is 0.174 e. The molecule has 1 fully saturated rings. The molecule has 0 spiro atoms. The van der Waals surface area contributed by atoms with E-state index in [1.165, 1.54) is 5.56 Å². The van der Waals surface area contributed by atoms with Crippen molar-refractivity contribution < 1.29 is 0 Å². The third kappa shape index (κ3) is 4.04. The maximum absolute atomic E-state index is 6.33. The highest BCUT2D eigenvalue weighted by atomic mass is 79.9. The molecule has 0 radical (unpaired) electrons. The molecule has 34 heavy (non-hydrogen) atoms. The van der Waals surface area contributed by atoms with Crippen LogP contribution in [0, 0.1) is 20.8 Å². The first-order valence-corrected chi connectivity index (χ1v) is 12.6. The van der Waals surface area contributed by atoms with Gasteiger partial charge in [-0.2, -0.15) is 0 Å². The molecule has 172 valence electrons. The molecule has 1 saturated heterocycles. The molecule has 1 N–H and O–H groups in total. The van der Waals surface area contributed by atoms with Crippen molar-refractivity contribution in [3.8, 4) is 5.69 Å². The molecule has 5 rings (SSSR count). The lowest BCUT2D eigenvalue weighted by Crippen LogP contribution is -2.29. The largest absolute Gasteiger partial charge is 0.351 e. The number of aryl methyl sites for hydroxylation is 2. The van der Waals surface area contributed by atoms with E-state index in [0.717, 1.165) is 38.5 Å². The summed E-state index contributed by atoms with van der Waals surface area (Å²) in [5, 5.41) is 4.97. The van der Waals surface area contributed by atoms with Gasteiger partial charge in [0.25, 0.3) is 0 Å². The van der Waals surface area contributed by atoms with Gasteiger partial charge < -0.3 is 14.8 Å². The van der Waals surface area contributed by atoms with Crippen LogP contribution >= 0.6 is 39.7 Å². The van der Waals surface area contributed by atoms with Crippen LogP contribution in [0.4, 0.5) is 5.69 Å². The predicted octanol–water partition coefficient (Wildman–Crippen LogP) is 7.39. The van der Waals surface area contributed by atoms with Crippen LogP contribution in [-0.2, 0) is 0 Å². The van der Waals surface area contributed by atoms with Gasteiger partial charge in [-0.1, -0.05) is 39.7 Å². The summed E-state index contributed by atoms with van der Waals surface area (Å²) in [5.74, 6) is 0. The normalized spacial score (nSPS) is 17.8. The molecule has 0 unspecified atom stereocenters. The number of anilines is 1. The SMILES string of the molecule is Cc1cc(N2C(=S)N[C@H](c3ccccn3)[C@H]2c2cc(C)n(-c3cccc(Cl)c3)c2C)ccc1Br. The van der Waals surface area contributed by atoms with Gasteiger partial charge >= 0.3 is 0 Å². The molecule has 0 amide bonds. The van der Waals surface area contributed by atoms with Gasteiger partial charge in [0.2, 0.25) is 0 Å². The van der Waals surface area contributed by atoms with Crippen LogP contribution in [0.25, 0.3) is 5.69 Å². The number of aromatic nitrogens is 2. The maximum atomic E-state index is 6.33. The first-order valence-electron chi connectivity index (χ1n) is 11.1. The molecule has 0 aliphatic carbocycles. The minimum absolute atomic E-state index is 0.0675. The Labute approximate surface area is 218 Å². The fourth-order valence-corrected chi connectivity index (χ4v) is 5.60. The van der Waals surface area contributed by atoms with E-state index in [0.29, 0.717) is 10.1 Å². The Morgan fingerprint density at radius 1 is 0.971 bits per heavy atom. The Kier molecular flexibility index (Phi) is 6.23. The van der Waals surface area contributed by atoms with Crippen molar-refractivity contribution in [3.05, 3.63) is 111 Å². The number of pyridine rings is 1. The number of rotatable bonds is 4. The number of halogens is 2. The highest BCUT2D eigenvalue weighted by Crippen LogP contribution is 2.44. The van der Waals surface area contributed by atoms with Crippen molar-refractivity contribution in [2.45, 2.75) is 32.9 Å². The first-order chi connectivity index (χ1) is 16.3. The number of nitrogens with one attached hydrogen (secondary N) is 1. The summed E-state index contributed by atoms with van der Waals surface area (Å²) in [4.78, 5) is 6.90. The van der Waals surface area contributed by atoms with E-state index in [9.17, 15) is 0 Å². The quantitative estimate of drug-likeness (QED) is 0.268. The van der Waals surface area contributed by atoms with Crippen LogP contribution < -0.4 is 10.2 Å². The van der Waals surface area contributed by atoms with Crippen molar-refractivity contribution in [1.29, 1.82) is 0 Å². The molecule has 0 bridgehead atoms. The molecule has 2 atom stereocenters. The Morgan fingerprint density at radius 2 is 1.79 bits per heavy atom. The van der Waals surface area contributed by atoms with E-state index in [2.05, 4.69) is 92.9 Å². The van der Waals surface area contributed by atoms with E-state index in [-0.39, 0.29) is 12.1 Å². The molecule has 4 nitrogen and oxygen atoms in total. The molecule has 1 aliphatic rings. The Balaban J connectivity index is 1.69. The third-order valence-corrected chi connectivity index (χ3v) is 7.81. The lowest BCUT2D eigenvalue weighted by atomic mass is 9.96. The van der Waals surface area contributed by atoms with Gasteiger partial charge in [-0.25, -0.2) is 0 Å². The monoisotopic (exact) mass is 550 g/mol. The molecule has 7 heteroatoms. The molecular formula is C27H24BrClN4S. The number of hydrogen-bond acceptors (Lipinski definition) is 2. The molecule has 2 aromatic carbocycles. The predicted molar refractivity (Wildman–Crippen MR) is 147 cm³/mol. The fraction of sp³-hybridized carbons (Fsp3) is 0.185. The summed E-state index contributed by atoms with van der Waals surface area (Å²) >= 11 is 15.8. The summed E-state index contributed by atoms with van der Waals surface area (Å²) in [6.07, 6.45) is 1.83. The van der Waals surface area contributed by atoms with Gasteiger partial charge in [-0.15, -0.1) is 0 Å². The van der Waals surface area contributed by atoms with Crippen LogP contribution in [0.1, 0.15) is 40.3 Å². The summed E-state index contributed by atoms with van der Waals surface area (Å²) in [5.41, 5.74) is 7.69. The Bertz CT molecular complexity index is 1380. The van der Waals surface area contributed by atoms with Crippen LogP contribution in [0.5, 0.6) is 0 Å². The van der Waals surface area contributed by atoms with Gasteiger partial charge in [0.05, 0.1) is 17.8 Å². The first kappa shape index (κ1) is 23.1. The van der Waals surface area contributed by atoms with E-state index in [4.69, 9.17) is 23.8 Å². The Morgan fingerprint density at radius 3 is 2.50 bits per heavy atom. The van der Waals surface area contributed by atoms with E-state index in [1.807, 2.05) is 36.5 Å². The average Bonchev–Trinajstić information content (AvgIpc) is 3.31. The second-order valence-corrected chi connectivity index (χ2v) is 10.2. The van der Waals surface area contributed by atoms with Crippen molar-refractivity contribution in [3.63, 3.8) is 0 Å². The van der Waals surface area contributed by atoms with Crippen molar-refractivity contribution >= 4 is 50.5 Å². The second kappa shape index (κ2) is 9.17. The average molecular weight is 552 g/mol. The van der Waals surface area contributed by atoms with Crippen molar-refractivity contribution in [2.24, 2.45) is 0 Å². The summed E-state index contributed by atoms with van der Waals surface area (Å²) in [6.45, 7) is 6.38. The molecular weight excluding hydrogens is 528 g/mol. The van der Waals surface area contributed by atoms with E-state index < -0.39 is 0 Å². The van der Waals surface area contributed by atoms with Crippen LogP contribution in [0.2, 0.25) is 5.02 Å². The lowest BCUT2D eigenvalue weighted by Gasteiger charge is -2.28. The molecule has 0 saturated carbocycles. The number of benzene rings is 2. The summed E-state index contributed by atoms with van der Waals surface area (Å²) in [7, 11) is 0. The van der Waals surface area contributed by atoms with Gasteiger partial charge in [-0.05, 0) is 98.7 Å². The second-order valence-electron chi connectivity index (χ2n) is 8.57. The summed E-state index contributed by atoms with van der Waals surface area (Å²) in [6, 6.07) is 22.4. The lowest BCUT2D eigenvalue weighted by molar-refractivity contribution is 0.565. The van der Waals surface area contributed by atoms with Crippen molar-refractivity contribution in [1.82, 2.24) is 14.9 Å². The standard InChI is InChI=1S/C27H24BrClN4S/c1-16-13-21(10-11-23(16)28)33-26(25(31-27(33)34)24-9-4-5-12-30-24)22-14-17(2)32(18(22)3)20-8-6-7-19(29)15-20/h4-15,25-26H,1-3H3,(H,31,34)/t25-,26-/m1/s1. The zero-order chi connectivity index (χ0) is 24.0.